The van der Waals surface area contributed by atoms with Crippen LogP contribution in [-0.4, -0.2) is 55.5 Å². The van der Waals surface area contributed by atoms with E-state index in [4.69, 9.17) is 9.15 Å². The van der Waals surface area contributed by atoms with Crippen molar-refractivity contribution in [3.05, 3.63) is 39.2 Å². The van der Waals surface area contributed by atoms with E-state index in [2.05, 4.69) is 11.9 Å². The lowest BCUT2D eigenvalue weighted by Crippen LogP contribution is -2.45. The molecular formula is C23H30N2O4. The number of amides is 1. The second-order valence-electron chi connectivity index (χ2n) is 8.45. The van der Waals surface area contributed by atoms with Gasteiger partial charge in [0.1, 0.15) is 11.3 Å². The van der Waals surface area contributed by atoms with Crippen molar-refractivity contribution in [2.45, 2.75) is 51.5 Å². The largest absolute Gasteiger partial charge is 0.483 e. The van der Waals surface area contributed by atoms with Gasteiger partial charge in [-0.05, 0) is 83.3 Å². The van der Waals surface area contributed by atoms with Gasteiger partial charge in [0.05, 0.1) is 0 Å². The molecule has 0 spiro atoms. The number of aryl methyl sites for hydroxylation is 2. The minimum atomic E-state index is -0.231. The molecule has 1 aromatic heterocycles. The quantitative estimate of drug-likeness (QED) is 0.741. The Kier molecular flexibility index (Phi) is 5.63. The fraction of sp³-hybridized carbons (Fsp3) is 0.565. The van der Waals surface area contributed by atoms with Crippen molar-refractivity contribution in [1.29, 1.82) is 0 Å². The van der Waals surface area contributed by atoms with Crippen LogP contribution in [0.4, 0.5) is 0 Å². The molecule has 29 heavy (non-hydrogen) atoms. The molecular weight excluding hydrogens is 368 g/mol. The van der Waals surface area contributed by atoms with Gasteiger partial charge in [0.15, 0.2) is 6.61 Å². The summed E-state index contributed by atoms with van der Waals surface area (Å²) in [6.07, 6.45) is 5.82. The Labute approximate surface area is 171 Å². The SMILES string of the molecule is Cc1c(OCC(=O)N(C)C2CCN(C)CC2)ccc2c3c(c(=O)oc12)CCCC3. The maximum absolute atomic E-state index is 12.6. The summed E-state index contributed by atoms with van der Waals surface area (Å²) in [5.41, 5.74) is 3.08. The van der Waals surface area contributed by atoms with E-state index < -0.39 is 0 Å². The lowest BCUT2D eigenvalue weighted by Gasteiger charge is -2.35. The average molecular weight is 399 g/mol. The van der Waals surface area contributed by atoms with E-state index in [9.17, 15) is 9.59 Å². The van der Waals surface area contributed by atoms with Gasteiger partial charge >= 0.3 is 5.63 Å². The zero-order chi connectivity index (χ0) is 20.5. The highest BCUT2D eigenvalue weighted by atomic mass is 16.5. The summed E-state index contributed by atoms with van der Waals surface area (Å²) in [7, 11) is 3.97. The van der Waals surface area contributed by atoms with Gasteiger partial charge in [-0.2, -0.15) is 0 Å². The molecule has 1 aliphatic heterocycles. The van der Waals surface area contributed by atoms with Gasteiger partial charge in [-0.1, -0.05) is 0 Å². The molecule has 0 N–H and O–H groups in total. The van der Waals surface area contributed by atoms with Gasteiger partial charge in [-0.3, -0.25) is 4.79 Å². The predicted molar refractivity (Wildman–Crippen MR) is 113 cm³/mol. The van der Waals surface area contributed by atoms with Crippen LogP contribution in [0.5, 0.6) is 5.75 Å². The van der Waals surface area contributed by atoms with Crippen LogP contribution < -0.4 is 10.4 Å². The number of carbonyl (C=O) groups is 1. The molecule has 2 aromatic rings. The van der Waals surface area contributed by atoms with Gasteiger partial charge in [0.25, 0.3) is 5.91 Å². The minimum Gasteiger partial charge on any atom is -0.483 e. The number of rotatable bonds is 4. The molecule has 1 aliphatic carbocycles. The third-order valence-electron chi connectivity index (χ3n) is 6.57. The number of hydrogen-bond acceptors (Lipinski definition) is 5. The highest BCUT2D eigenvalue weighted by molar-refractivity contribution is 5.86. The van der Waals surface area contributed by atoms with Crippen molar-refractivity contribution in [2.24, 2.45) is 0 Å². The van der Waals surface area contributed by atoms with E-state index >= 15 is 0 Å². The first-order chi connectivity index (χ1) is 14.0. The fourth-order valence-corrected chi connectivity index (χ4v) is 4.61. The molecule has 0 saturated carbocycles. The first-order valence-electron chi connectivity index (χ1n) is 10.6. The second-order valence-corrected chi connectivity index (χ2v) is 8.45. The van der Waals surface area contributed by atoms with Crippen LogP contribution in [0.2, 0.25) is 0 Å². The molecule has 156 valence electrons. The minimum absolute atomic E-state index is 0.00956. The Morgan fingerprint density at radius 2 is 1.90 bits per heavy atom. The van der Waals surface area contributed by atoms with Crippen molar-refractivity contribution in [3.63, 3.8) is 0 Å². The van der Waals surface area contributed by atoms with Crippen LogP contribution in [0.25, 0.3) is 11.0 Å². The number of fused-ring (bicyclic) bond motifs is 3. The Bertz CT molecular complexity index is 973. The smallest absolute Gasteiger partial charge is 0.339 e. The van der Waals surface area contributed by atoms with Crippen LogP contribution in [0, 0.1) is 6.92 Å². The molecule has 1 amide bonds. The number of carbonyl (C=O) groups excluding carboxylic acids is 1. The van der Waals surface area contributed by atoms with Crippen LogP contribution in [0.15, 0.2) is 21.3 Å². The van der Waals surface area contributed by atoms with Crippen LogP contribution >= 0.6 is 0 Å². The van der Waals surface area contributed by atoms with E-state index in [1.165, 1.54) is 0 Å². The molecule has 6 heteroatoms. The Hall–Kier alpha value is -2.34. The molecule has 2 aliphatic rings. The van der Waals surface area contributed by atoms with Gasteiger partial charge in [0.2, 0.25) is 0 Å². The average Bonchev–Trinajstić information content (AvgIpc) is 2.74. The van der Waals surface area contributed by atoms with Crippen LogP contribution in [-0.2, 0) is 17.6 Å². The molecule has 2 heterocycles. The first kappa shape index (κ1) is 20.0. The molecule has 0 unspecified atom stereocenters. The summed E-state index contributed by atoms with van der Waals surface area (Å²) in [5, 5.41) is 0.999. The summed E-state index contributed by atoms with van der Waals surface area (Å²) in [5.74, 6) is 0.576. The monoisotopic (exact) mass is 398 g/mol. The predicted octanol–water partition coefficient (Wildman–Crippen LogP) is 2.91. The van der Waals surface area contributed by atoms with Crippen LogP contribution in [0.1, 0.15) is 42.4 Å². The standard InChI is InChI=1S/C23H30N2O4/c1-15-20(28-14-21(26)25(3)16-10-12-24(2)13-11-16)9-8-18-17-6-4-5-7-19(17)23(27)29-22(15)18/h8-9,16H,4-7,10-14H2,1-3H3. The summed E-state index contributed by atoms with van der Waals surface area (Å²) in [6, 6.07) is 4.13. The van der Waals surface area contributed by atoms with Gasteiger partial charge < -0.3 is 19.0 Å². The molecule has 6 nitrogen and oxygen atoms in total. The normalized spacial score (nSPS) is 17.9. The second kappa shape index (κ2) is 8.19. The zero-order valence-electron chi connectivity index (χ0n) is 17.6. The van der Waals surface area contributed by atoms with E-state index in [1.54, 1.807) is 0 Å². The van der Waals surface area contributed by atoms with Crippen LogP contribution in [0.3, 0.4) is 0 Å². The molecule has 1 saturated heterocycles. The van der Waals surface area contributed by atoms with Crippen molar-refractivity contribution in [3.8, 4) is 5.75 Å². The fourth-order valence-electron chi connectivity index (χ4n) is 4.61. The van der Waals surface area contributed by atoms with E-state index in [0.29, 0.717) is 11.3 Å². The Balaban J connectivity index is 1.50. The Morgan fingerprint density at radius 3 is 2.62 bits per heavy atom. The zero-order valence-corrected chi connectivity index (χ0v) is 17.6. The molecule has 4 rings (SSSR count). The van der Waals surface area contributed by atoms with E-state index in [0.717, 1.165) is 73.7 Å². The molecule has 1 aromatic carbocycles. The molecule has 0 atom stereocenters. The van der Waals surface area contributed by atoms with Crippen molar-refractivity contribution >= 4 is 16.9 Å². The molecule has 1 fully saturated rings. The molecule has 0 radical (unpaired) electrons. The highest BCUT2D eigenvalue weighted by Gasteiger charge is 2.25. The Morgan fingerprint density at radius 1 is 1.21 bits per heavy atom. The number of benzene rings is 1. The molecule has 0 bridgehead atoms. The number of ether oxygens (including phenoxy) is 1. The lowest BCUT2D eigenvalue weighted by atomic mass is 9.90. The third-order valence-corrected chi connectivity index (χ3v) is 6.57. The third kappa shape index (κ3) is 3.90. The van der Waals surface area contributed by atoms with Gasteiger partial charge in [-0.15, -0.1) is 0 Å². The van der Waals surface area contributed by atoms with E-state index in [1.807, 2.05) is 31.0 Å². The number of likely N-dealkylation sites (tertiary alicyclic amines) is 1. The first-order valence-corrected chi connectivity index (χ1v) is 10.6. The number of piperidine rings is 1. The summed E-state index contributed by atoms with van der Waals surface area (Å²) in [6.45, 7) is 3.90. The number of nitrogens with zero attached hydrogens (tertiary/aromatic N) is 2. The van der Waals surface area contributed by atoms with E-state index in [-0.39, 0.29) is 24.2 Å². The maximum Gasteiger partial charge on any atom is 0.339 e. The number of likely N-dealkylation sites (N-methyl/N-ethyl adjacent to an activating group) is 1. The summed E-state index contributed by atoms with van der Waals surface area (Å²) >= 11 is 0. The summed E-state index contributed by atoms with van der Waals surface area (Å²) < 4.78 is 11.5. The summed E-state index contributed by atoms with van der Waals surface area (Å²) in [4.78, 5) is 29.2. The van der Waals surface area contributed by atoms with Gasteiger partial charge in [-0.25, -0.2) is 4.79 Å². The lowest BCUT2D eigenvalue weighted by molar-refractivity contribution is -0.135. The van der Waals surface area contributed by atoms with Gasteiger partial charge in [0, 0.05) is 29.6 Å². The van der Waals surface area contributed by atoms with Crippen molar-refractivity contribution in [2.75, 3.05) is 33.8 Å². The topological polar surface area (TPSA) is 63.0 Å². The van der Waals surface area contributed by atoms with Crippen molar-refractivity contribution in [1.82, 2.24) is 9.80 Å². The van der Waals surface area contributed by atoms with Crippen molar-refractivity contribution < 1.29 is 13.9 Å². The highest BCUT2D eigenvalue weighted by Crippen LogP contribution is 2.32. The number of hydrogen-bond donors (Lipinski definition) is 0. The maximum atomic E-state index is 12.6.